The summed E-state index contributed by atoms with van der Waals surface area (Å²) in [6.45, 7) is 0. The minimum Gasteiger partial charge on any atom is -0.493 e. The van der Waals surface area contributed by atoms with Crippen molar-refractivity contribution in [2.45, 2.75) is 25.3 Å². The number of nitrogens with one attached hydrogen (secondary N) is 2. The highest BCUT2D eigenvalue weighted by atomic mass is 16.5. The zero-order valence-electron chi connectivity index (χ0n) is 13.8. The van der Waals surface area contributed by atoms with Crippen molar-refractivity contribution in [3.63, 3.8) is 0 Å². The Morgan fingerprint density at radius 2 is 1.96 bits per heavy atom. The number of rotatable bonds is 7. The van der Waals surface area contributed by atoms with Gasteiger partial charge in [-0.2, -0.15) is 0 Å². The Morgan fingerprint density at radius 1 is 1.17 bits per heavy atom. The monoisotopic (exact) mass is 327 g/mol. The summed E-state index contributed by atoms with van der Waals surface area (Å²) in [7, 11) is 3.15. The normalized spacial score (nSPS) is 13.2. The fourth-order valence-corrected chi connectivity index (χ4v) is 2.38. The molecule has 0 bridgehead atoms. The molecule has 0 radical (unpaired) electrons. The summed E-state index contributed by atoms with van der Waals surface area (Å²) in [4.78, 5) is 16.4. The number of amides is 1. The van der Waals surface area contributed by atoms with Crippen molar-refractivity contribution in [3.05, 3.63) is 42.1 Å². The van der Waals surface area contributed by atoms with Crippen LogP contribution < -0.4 is 20.1 Å². The number of hydrogen-bond donors (Lipinski definition) is 2. The molecule has 6 nitrogen and oxygen atoms in total. The minimum absolute atomic E-state index is 0.127. The fraction of sp³-hybridized carbons (Fsp3) is 0.333. The Morgan fingerprint density at radius 3 is 2.58 bits per heavy atom. The molecule has 24 heavy (non-hydrogen) atoms. The zero-order chi connectivity index (χ0) is 16.9. The van der Waals surface area contributed by atoms with Crippen molar-refractivity contribution < 1.29 is 14.3 Å². The van der Waals surface area contributed by atoms with Crippen molar-refractivity contribution in [1.82, 2.24) is 4.98 Å². The molecule has 0 unspecified atom stereocenters. The van der Waals surface area contributed by atoms with Crippen LogP contribution in [0.2, 0.25) is 0 Å². The predicted molar refractivity (Wildman–Crippen MR) is 92.8 cm³/mol. The molecule has 0 atom stereocenters. The van der Waals surface area contributed by atoms with E-state index in [1.165, 1.54) is 12.8 Å². The molecule has 1 aliphatic carbocycles. The van der Waals surface area contributed by atoms with Gasteiger partial charge in [-0.3, -0.25) is 4.79 Å². The number of hydrogen-bond acceptors (Lipinski definition) is 5. The van der Waals surface area contributed by atoms with E-state index >= 15 is 0 Å². The lowest BCUT2D eigenvalue weighted by Crippen LogP contribution is -2.15. The molecule has 2 aromatic rings. The first-order valence-corrected chi connectivity index (χ1v) is 7.91. The minimum atomic E-state index is -0.127. The second kappa shape index (κ2) is 7.21. The highest BCUT2D eigenvalue weighted by Crippen LogP contribution is 2.28. The predicted octanol–water partition coefficient (Wildman–Crippen LogP) is 2.85. The van der Waals surface area contributed by atoms with Crippen molar-refractivity contribution >= 4 is 17.4 Å². The number of aromatic nitrogens is 1. The smallest absolute Gasteiger partial charge is 0.229 e. The Hall–Kier alpha value is -2.76. The van der Waals surface area contributed by atoms with Crippen molar-refractivity contribution in [1.29, 1.82) is 0 Å². The summed E-state index contributed by atoms with van der Waals surface area (Å²) >= 11 is 0. The zero-order valence-corrected chi connectivity index (χ0v) is 13.8. The molecule has 1 fully saturated rings. The van der Waals surface area contributed by atoms with Crippen LogP contribution >= 0.6 is 0 Å². The molecule has 1 aliphatic rings. The van der Waals surface area contributed by atoms with Crippen LogP contribution in [0, 0.1) is 0 Å². The van der Waals surface area contributed by atoms with Crippen molar-refractivity contribution in [2.75, 3.05) is 24.9 Å². The highest BCUT2D eigenvalue weighted by molar-refractivity contribution is 5.91. The SMILES string of the molecule is COc1ccc(CC(=O)Nc2ccc(NC3CC3)cn2)cc1OC. The van der Waals surface area contributed by atoms with Gasteiger partial charge < -0.3 is 20.1 Å². The van der Waals surface area contributed by atoms with E-state index in [2.05, 4.69) is 15.6 Å². The number of carbonyl (C=O) groups is 1. The van der Waals surface area contributed by atoms with Crippen molar-refractivity contribution in [2.24, 2.45) is 0 Å². The molecule has 1 saturated carbocycles. The highest BCUT2D eigenvalue weighted by Gasteiger charge is 2.20. The van der Waals surface area contributed by atoms with E-state index in [4.69, 9.17) is 9.47 Å². The van der Waals surface area contributed by atoms with Crippen LogP contribution in [0.15, 0.2) is 36.5 Å². The van der Waals surface area contributed by atoms with Crippen molar-refractivity contribution in [3.8, 4) is 11.5 Å². The largest absolute Gasteiger partial charge is 0.493 e. The second-order valence-corrected chi connectivity index (χ2v) is 5.77. The third-order valence-electron chi connectivity index (χ3n) is 3.79. The van der Waals surface area contributed by atoms with E-state index in [1.54, 1.807) is 38.6 Å². The summed E-state index contributed by atoms with van der Waals surface area (Å²) < 4.78 is 10.4. The number of methoxy groups -OCH3 is 2. The number of ether oxygens (including phenoxy) is 2. The number of carbonyl (C=O) groups excluding carboxylic acids is 1. The molecule has 0 spiro atoms. The van der Waals surface area contributed by atoms with Crippen LogP contribution in [-0.2, 0) is 11.2 Å². The lowest BCUT2D eigenvalue weighted by molar-refractivity contribution is -0.115. The molecule has 1 aromatic carbocycles. The molecule has 3 rings (SSSR count). The van der Waals surface area contributed by atoms with Crippen LogP contribution in [0.3, 0.4) is 0 Å². The van der Waals surface area contributed by atoms with E-state index in [9.17, 15) is 4.79 Å². The van der Waals surface area contributed by atoms with E-state index in [0.717, 1.165) is 11.3 Å². The summed E-state index contributed by atoms with van der Waals surface area (Å²) in [5.74, 6) is 1.66. The Bertz CT molecular complexity index is 712. The van der Waals surface area contributed by atoms with Gasteiger partial charge in [0.1, 0.15) is 5.82 Å². The second-order valence-electron chi connectivity index (χ2n) is 5.77. The number of benzene rings is 1. The standard InChI is InChI=1S/C18H21N3O3/c1-23-15-7-3-12(9-16(15)24-2)10-18(22)21-17-8-6-14(11-19-17)20-13-4-5-13/h3,6-9,11,13,20H,4-5,10H2,1-2H3,(H,19,21,22). The number of nitrogens with zero attached hydrogens (tertiary/aromatic N) is 1. The first-order chi connectivity index (χ1) is 11.7. The van der Waals surface area contributed by atoms with Gasteiger partial charge in [-0.25, -0.2) is 4.98 Å². The van der Waals surface area contributed by atoms with Gasteiger partial charge >= 0.3 is 0 Å². The lowest BCUT2D eigenvalue weighted by Gasteiger charge is -2.10. The molecular formula is C18H21N3O3. The van der Waals surface area contributed by atoms with Gasteiger partial charge in [-0.1, -0.05) is 6.07 Å². The Kier molecular flexibility index (Phi) is 4.84. The Labute approximate surface area is 141 Å². The van der Waals surface area contributed by atoms with Crippen LogP contribution in [0.4, 0.5) is 11.5 Å². The molecular weight excluding hydrogens is 306 g/mol. The molecule has 0 aliphatic heterocycles. The number of pyridine rings is 1. The number of anilines is 2. The first kappa shape index (κ1) is 16.1. The van der Waals surface area contributed by atoms with E-state index in [1.807, 2.05) is 12.1 Å². The lowest BCUT2D eigenvalue weighted by atomic mass is 10.1. The molecule has 1 amide bonds. The molecule has 0 saturated heterocycles. The third-order valence-corrected chi connectivity index (χ3v) is 3.79. The van der Waals surface area contributed by atoms with E-state index in [0.29, 0.717) is 23.4 Å². The topological polar surface area (TPSA) is 72.5 Å². The van der Waals surface area contributed by atoms with Gasteiger partial charge in [0.15, 0.2) is 11.5 Å². The molecule has 126 valence electrons. The van der Waals surface area contributed by atoms with E-state index < -0.39 is 0 Å². The van der Waals surface area contributed by atoms with Crippen LogP contribution in [-0.4, -0.2) is 31.2 Å². The Balaban J connectivity index is 1.58. The molecule has 2 N–H and O–H groups in total. The summed E-state index contributed by atoms with van der Waals surface area (Å²) in [6.07, 6.45) is 4.40. The molecule has 1 aromatic heterocycles. The average Bonchev–Trinajstić information content (AvgIpc) is 3.40. The van der Waals surface area contributed by atoms with Gasteiger partial charge in [-0.05, 0) is 42.7 Å². The third kappa shape index (κ3) is 4.16. The van der Waals surface area contributed by atoms with E-state index in [-0.39, 0.29) is 12.3 Å². The average molecular weight is 327 g/mol. The van der Waals surface area contributed by atoms with Crippen LogP contribution in [0.25, 0.3) is 0 Å². The quantitative estimate of drug-likeness (QED) is 0.818. The van der Waals surface area contributed by atoms with Gasteiger partial charge in [0.05, 0.1) is 32.5 Å². The maximum atomic E-state index is 12.2. The first-order valence-electron chi connectivity index (χ1n) is 7.91. The van der Waals surface area contributed by atoms with Gasteiger partial charge in [0.25, 0.3) is 0 Å². The maximum absolute atomic E-state index is 12.2. The maximum Gasteiger partial charge on any atom is 0.229 e. The summed E-state index contributed by atoms with van der Waals surface area (Å²) in [5, 5.41) is 6.16. The van der Waals surface area contributed by atoms with Crippen LogP contribution in [0.1, 0.15) is 18.4 Å². The summed E-state index contributed by atoms with van der Waals surface area (Å²) in [6, 6.07) is 9.75. The fourth-order valence-electron chi connectivity index (χ4n) is 2.38. The summed E-state index contributed by atoms with van der Waals surface area (Å²) in [5.41, 5.74) is 1.83. The van der Waals surface area contributed by atoms with Crippen LogP contribution in [0.5, 0.6) is 11.5 Å². The molecule has 6 heteroatoms. The van der Waals surface area contributed by atoms with Gasteiger partial charge in [0, 0.05) is 6.04 Å². The van der Waals surface area contributed by atoms with Gasteiger partial charge in [0.2, 0.25) is 5.91 Å². The van der Waals surface area contributed by atoms with Gasteiger partial charge in [-0.15, -0.1) is 0 Å². The molecule has 1 heterocycles.